The summed E-state index contributed by atoms with van der Waals surface area (Å²) in [6.45, 7) is 1.64. The Labute approximate surface area is 159 Å². The summed E-state index contributed by atoms with van der Waals surface area (Å²) in [5, 5.41) is 7.42. The summed E-state index contributed by atoms with van der Waals surface area (Å²) in [4.78, 5) is 40.5. The van der Waals surface area contributed by atoms with Crippen LogP contribution < -0.4 is 21.5 Å². The maximum atomic E-state index is 11.9. The summed E-state index contributed by atoms with van der Waals surface area (Å²) >= 11 is 0. The molecule has 0 aliphatic carbocycles. The molecule has 0 bridgehead atoms. The van der Waals surface area contributed by atoms with E-state index in [4.69, 9.17) is 0 Å². The number of urea groups is 1. The van der Waals surface area contributed by atoms with Gasteiger partial charge < -0.3 is 15.4 Å². The van der Waals surface area contributed by atoms with Crippen LogP contribution in [0.5, 0.6) is 0 Å². The van der Waals surface area contributed by atoms with E-state index < -0.39 is 31.3 Å². The second kappa shape index (κ2) is 11.8. The third-order valence-electron chi connectivity index (χ3n) is 3.38. The largest absolute Gasteiger partial charge is 0.449 e. The monoisotopic (exact) mass is 407 g/mol. The Kier molecular flexibility index (Phi) is 9.82. The van der Waals surface area contributed by atoms with Gasteiger partial charge in [0.05, 0.1) is 6.42 Å². The van der Waals surface area contributed by atoms with Gasteiger partial charge in [0.25, 0.3) is 5.56 Å². The van der Waals surface area contributed by atoms with Crippen LogP contribution in [0.2, 0.25) is 0 Å². The average Bonchev–Trinajstić information content (AvgIpc) is 2.55. The van der Waals surface area contributed by atoms with Crippen molar-refractivity contribution in [3.05, 3.63) is 22.1 Å². The first-order valence-corrected chi connectivity index (χ1v) is 8.76. The number of nitrogens with one attached hydrogen (secondary N) is 4. The van der Waals surface area contributed by atoms with Crippen molar-refractivity contribution in [3.8, 4) is 0 Å². The summed E-state index contributed by atoms with van der Waals surface area (Å²) in [5.74, 6) is 0.0655. The van der Waals surface area contributed by atoms with E-state index in [2.05, 4.69) is 30.7 Å². The lowest BCUT2D eigenvalue weighted by Gasteiger charge is -2.09. The van der Waals surface area contributed by atoms with Crippen LogP contribution in [0.25, 0.3) is 0 Å². The van der Waals surface area contributed by atoms with Gasteiger partial charge in [-0.25, -0.2) is 14.6 Å². The third kappa shape index (κ3) is 11.8. The first-order chi connectivity index (χ1) is 13.2. The van der Waals surface area contributed by atoms with Gasteiger partial charge in [0, 0.05) is 24.8 Å². The van der Waals surface area contributed by atoms with Crippen molar-refractivity contribution in [2.75, 3.05) is 25.0 Å². The molecule has 1 aromatic rings. The number of amides is 3. The van der Waals surface area contributed by atoms with Gasteiger partial charge in [-0.15, -0.1) is 0 Å². The van der Waals surface area contributed by atoms with Gasteiger partial charge in [0.1, 0.15) is 6.61 Å². The molecule has 0 atom stereocenters. The molecule has 1 aromatic heterocycles. The lowest BCUT2D eigenvalue weighted by atomic mass is 10.2. The van der Waals surface area contributed by atoms with Gasteiger partial charge >= 0.3 is 18.3 Å². The predicted octanol–water partition coefficient (Wildman–Crippen LogP) is 2.44. The Morgan fingerprint density at radius 2 is 1.79 bits per heavy atom. The quantitative estimate of drug-likeness (QED) is 0.443. The number of ether oxygens (including phenoxy) is 1. The zero-order chi connectivity index (χ0) is 21.0. The number of H-pyrrole nitrogens is 1. The molecule has 28 heavy (non-hydrogen) atoms. The number of carbonyl (C=O) groups excluding carboxylic acids is 2. The molecular formula is C16H24F3N5O4. The minimum absolute atomic E-state index is 0.0655. The van der Waals surface area contributed by atoms with Crippen molar-refractivity contribution in [2.45, 2.75) is 45.2 Å². The number of alkyl halides is 3. The van der Waals surface area contributed by atoms with Crippen molar-refractivity contribution in [3.63, 3.8) is 0 Å². The van der Waals surface area contributed by atoms with Crippen LogP contribution in [0, 0.1) is 6.92 Å². The van der Waals surface area contributed by atoms with Crippen molar-refractivity contribution >= 4 is 18.1 Å². The fourth-order valence-corrected chi connectivity index (χ4v) is 2.10. The van der Waals surface area contributed by atoms with E-state index in [9.17, 15) is 27.6 Å². The number of anilines is 1. The van der Waals surface area contributed by atoms with Gasteiger partial charge in [-0.2, -0.15) is 13.2 Å². The first-order valence-electron chi connectivity index (χ1n) is 8.76. The van der Waals surface area contributed by atoms with E-state index in [1.807, 2.05) is 0 Å². The zero-order valence-electron chi connectivity index (χ0n) is 15.4. The number of aromatic amines is 1. The lowest BCUT2D eigenvalue weighted by molar-refractivity contribution is -0.141. The van der Waals surface area contributed by atoms with Crippen LogP contribution in [0.3, 0.4) is 0 Å². The fourth-order valence-electron chi connectivity index (χ4n) is 2.10. The number of hydrogen-bond acceptors (Lipinski definition) is 5. The van der Waals surface area contributed by atoms with E-state index in [1.54, 1.807) is 6.92 Å². The van der Waals surface area contributed by atoms with Crippen molar-refractivity contribution in [2.24, 2.45) is 0 Å². The second-order valence-electron chi connectivity index (χ2n) is 5.96. The Morgan fingerprint density at radius 3 is 2.39 bits per heavy atom. The van der Waals surface area contributed by atoms with Crippen LogP contribution in [0.4, 0.5) is 28.7 Å². The molecule has 0 saturated heterocycles. The number of carbonyl (C=O) groups is 2. The molecule has 4 N–H and O–H groups in total. The molecule has 12 heteroatoms. The Morgan fingerprint density at radius 1 is 1.14 bits per heavy atom. The highest BCUT2D eigenvalue weighted by Gasteiger charge is 2.27. The highest BCUT2D eigenvalue weighted by atomic mass is 19.4. The smallest absolute Gasteiger partial charge is 0.407 e. The van der Waals surface area contributed by atoms with E-state index in [1.165, 1.54) is 6.07 Å². The number of aryl methyl sites for hydroxylation is 1. The molecule has 0 fully saturated rings. The number of hydrogen-bond donors (Lipinski definition) is 4. The molecular weight excluding hydrogens is 383 g/mol. The standard InChI is InChI=1S/C16H24F3N5O4/c1-11-10-12(25)23-13(22-11)24-14(26)20-7-4-2-3-5-8-21-15(27)28-9-6-16(17,18)19/h10H,2-9H2,1H3,(H,21,27)(H3,20,22,23,24,25,26). The summed E-state index contributed by atoms with van der Waals surface area (Å²) in [5.41, 5.74) is 0.123. The Hall–Kier alpha value is -2.79. The highest BCUT2D eigenvalue weighted by molar-refractivity contribution is 5.87. The molecule has 0 spiro atoms. The van der Waals surface area contributed by atoms with Crippen molar-refractivity contribution in [1.29, 1.82) is 0 Å². The van der Waals surface area contributed by atoms with Crippen molar-refractivity contribution in [1.82, 2.24) is 20.6 Å². The maximum absolute atomic E-state index is 11.9. The van der Waals surface area contributed by atoms with Crippen LogP contribution in [-0.2, 0) is 4.74 Å². The molecule has 1 heterocycles. The van der Waals surface area contributed by atoms with Gasteiger partial charge in [0.2, 0.25) is 5.95 Å². The number of rotatable bonds is 10. The Balaban J connectivity index is 2.00. The van der Waals surface area contributed by atoms with E-state index in [-0.39, 0.29) is 11.5 Å². The van der Waals surface area contributed by atoms with E-state index in [0.29, 0.717) is 31.6 Å². The van der Waals surface area contributed by atoms with Gasteiger partial charge in [-0.05, 0) is 19.8 Å². The second-order valence-corrected chi connectivity index (χ2v) is 5.96. The molecule has 1 rings (SSSR count). The minimum atomic E-state index is -4.35. The number of aromatic nitrogens is 2. The number of alkyl carbamates (subject to hydrolysis) is 1. The molecule has 0 aromatic carbocycles. The molecule has 0 unspecified atom stereocenters. The van der Waals surface area contributed by atoms with Crippen LogP contribution in [-0.4, -0.2) is 48.0 Å². The van der Waals surface area contributed by atoms with Crippen LogP contribution >= 0.6 is 0 Å². The number of unbranched alkanes of at least 4 members (excludes halogenated alkanes) is 3. The molecule has 158 valence electrons. The normalized spacial score (nSPS) is 11.0. The summed E-state index contributed by atoms with van der Waals surface area (Å²) < 4.78 is 40.1. The molecule has 0 radical (unpaired) electrons. The van der Waals surface area contributed by atoms with Crippen LogP contribution in [0.1, 0.15) is 37.8 Å². The van der Waals surface area contributed by atoms with Crippen LogP contribution in [0.15, 0.2) is 10.9 Å². The summed E-state index contributed by atoms with van der Waals surface area (Å²) in [6, 6.07) is 0.817. The molecule has 0 aliphatic heterocycles. The van der Waals surface area contributed by atoms with Gasteiger partial charge in [-0.3, -0.25) is 15.1 Å². The SMILES string of the molecule is Cc1cc(=O)[nH]c(NC(=O)NCCCCCCNC(=O)OCCC(F)(F)F)n1. The molecule has 0 saturated carbocycles. The number of halogens is 3. The third-order valence-corrected chi connectivity index (χ3v) is 3.38. The van der Waals surface area contributed by atoms with Crippen molar-refractivity contribution < 1.29 is 27.5 Å². The average molecular weight is 407 g/mol. The predicted molar refractivity (Wildman–Crippen MR) is 95.1 cm³/mol. The first kappa shape index (κ1) is 23.2. The molecule has 9 nitrogen and oxygen atoms in total. The maximum Gasteiger partial charge on any atom is 0.407 e. The number of nitrogens with zero attached hydrogens (tertiary/aromatic N) is 1. The molecule has 0 aliphatic rings. The fraction of sp³-hybridized carbons (Fsp3) is 0.625. The van der Waals surface area contributed by atoms with E-state index >= 15 is 0 Å². The summed E-state index contributed by atoms with van der Waals surface area (Å²) in [6.07, 6.45) is -3.51. The molecule has 3 amide bonds. The lowest BCUT2D eigenvalue weighted by Crippen LogP contribution is -2.31. The Bertz CT molecular complexity index is 694. The topological polar surface area (TPSA) is 125 Å². The summed E-state index contributed by atoms with van der Waals surface area (Å²) in [7, 11) is 0. The van der Waals surface area contributed by atoms with Gasteiger partial charge in [-0.1, -0.05) is 12.8 Å². The van der Waals surface area contributed by atoms with Gasteiger partial charge in [0.15, 0.2) is 0 Å². The zero-order valence-corrected chi connectivity index (χ0v) is 15.4. The van der Waals surface area contributed by atoms with E-state index in [0.717, 1.165) is 12.8 Å². The highest BCUT2D eigenvalue weighted by Crippen LogP contribution is 2.18. The minimum Gasteiger partial charge on any atom is -0.449 e.